The first-order valence-corrected chi connectivity index (χ1v) is 10.4. The second kappa shape index (κ2) is 8.92. The topological polar surface area (TPSA) is 41.1 Å². The average Bonchev–Trinajstić information content (AvgIpc) is 2.86. The van der Waals surface area contributed by atoms with E-state index in [9.17, 15) is 4.79 Å². The van der Waals surface area contributed by atoms with E-state index < -0.39 is 0 Å². The Balaban J connectivity index is 0.00000109. The Labute approximate surface area is 171 Å². The third-order valence-corrected chi connectivity index (χ3v) is 5.05. The van der Waals surface area contributed by atoms with Crippen LogP contribution in [0, 0.1) is 0 Å². The largest absolute Gasteiger partial charge is 0.380 e. The van der Waals surface area contributed by atoms with Gasteiger partial charge in [0, 0.05) is 20.9 Å². The second-order valence-electron chi connectivity index (χ2n) is 7.09. The molecule has 0 fully saturated rings. The average molecular weight is 379 g/mol. The standard InChI is InChI=1S/C23H24N2O.C2H6.2H2/c1-3-7-18-17-9-5-4-8-16(17)12-13-19(18)20-10-6-11-21-23(20)24-15(2)14-22(26)25-21;1-2;;/h4-6,8-13,15,24H,3,7,14H2,1-2H3,(H,25,26);1-2H3;2*1H/t15-;;;/m1.../s1. The number of rotatable bonds is 3. The van der Waals surface area contributed by atoms with E-state index in [1.165, 1.54) is 21.9 Å². The summed E-state index contributed by atoms with van der Waals surface area (Å²) in [5.74, 6) is 0.0631. The molecule has 1 aliphatic heterocycles. The number of para-hydroxylation sites is 1. The van der Waals surface area contributed by atoms with Crippen molar-refractivity contribution >= 4 is 28.1 Å². The predicted octanol–water partition coefficient (Wildman–Crippen LogP) is 7.12. The summed E-state index contributed by atoms with van der Waals surface area (Å²) in [4.78, 5) is 12.1. The summed E-state index contributed by atoms with van der Waals surface area (Å²) >= 11 is 0. The zero-order valence-electron chi connectivity index (χ0n) is 17.3. The van der Waals surface area contributed by atoms with Gasteiger partial charge in [0.25, 0.3) is 0 Å². The Morgan fingerprint density at radius 2 is 1.79 bits per heavy atom. The molecule has 3 aromatic rings. The van der Waals surface area contributed by atoms with Crippen LogP contribution in [0.15, 0.2) is 54.6 Å². The van der Waals surface area contributed by atoms with E-state index in [0.717, 1.165) is 29.8 Å². The molecule has 0 saturated carbocycles. The highest BCUT2D eigenvalue weighted by Gasteiger charge is 2.21. The molecule has 1 amide bonds. The van der Waals surface area contributed by atoms with Crippen molar-refractivity contribution in [2.75, 3.05) is 10.6 Å². The molecule has 28 heavy (non-hydrogen) atoms. The maximum atomic E-state index is 12.1. The van der Waals surface area contributed by atoms with Gasteiger partial charge < -0.3 is 10.6 Å². The van der Waals surface area contributed by atoms with Crippen LogP contribution < -0.4 is 10.6 Å². The lowest BCUT2D eigenvalue weighted by Crippen LogP contribution is -2.19. The van der Waals surface area contributed by atoms with Gasteiger partial charge in [-0.1, -0.05) is 75.7 Å². The molecule has 0 aromatic heterocycles. The van der Waals surface area contributed by atoms with Crippen LogP contribution in [0.2, 0.25) is 0 Å². The predicted molar refractivity (Wildman–Crippen MR) is 125 cm³/mol. The van der Waals surface area contributed by atoms with Crippen LogP contribution in [0.1, 0.15) is 49.0 Å². The van der Waals surface area contributed by atoms with E-state index in [4.69, 9.17) is 0 Å². The van der Waals surface area contributed by atoms with Gasteiger partial charge in [0.1, 0.15) is 0 Å². The highest BCUT2D eigenvalue weighted by molar-refractivity contribution is 6.02. The number of nitrogens with one attached hydrogen (secondary N) is 2. The fourth-order valence-electron chi connectivity index (χ4n) is 3.92. The Bertz CT molecular complexity index is 988. The Kier molecular flexibility index (Phi) is 6.35. The molecule has 3 heteroatoms. The summed E-state index contributed by atoms with van der Waals surface area (Å²) < 4.78 is 0. The van der Waals surface area contributed by atoms with Crippen molar-refractivity contribution in [3.63, 3.8) is 0 Å². The molecule has 4 rings (SSSR count). The number of hydrogen-bond donors (Lipinski definition) is 2. The van der Waals surface area contributed by atoms with Gasteiger partial charge in [-0.25, -0.2) is 0 Å². The van der Waals surface area contributed by atoms with E-state index in [2.05, 4.69) is 66.9 Å². The van der Waals surface area contributed by atoms with Crippen LogP contribution >= 0.6 is 0 Å². The highest BCUT2D eigenvalue weighted by Crippen LogP contribution is 2.40. The van der Waals surface area contributed by atoms with Crippen molar-refractivity contribution in [2.45, 2.75) is 53.0 Å². The van der Waals surface area contributed by atoms with Crippen molar-refractivity contribution in [1.29, 1.82) is 0 Å². The van der Waals surface area contributed by atoms with Crippen LogP contribution in [0.3, 0.4) is 0 Å². The molecule has 1 atom stereocenters. The summed E-state index contributed by atoms with van der Waals surface area (Å²) in [6, 6.07) is 19.3. The molecule has 150 valence electrons. The van der Waals surface area contributed by atoms with Gasteiger partial charge in [-0.3, -0.25) is 4.79 Å². The Hall–Kier alpha value is -2.81. The molecule has 0 bridgehead atoms. The Morgan fingerprint density at radius 3 is 2.57 bits per heavy atom. The Morgan fingerprint density at radius 1 is 1.00 bits per heavy atom. The molecule has 1 heterocycles. The first-order valence-electron chi connectivity index (χ1n) is 10.4. The van der Waals surface area contributed by atoms with Gasteiger partial charge in [0.2, 0.25) is 5.91 Å². The van der Waals surface area contributed by atoms with Crippen molar-refractivity contribution in [3.05, 3.63) is 60.2 Å². The zero-order valence-corrected chi connectivity index (χ0v) is 17.3. The normalized spacial score (nSPS) is 15.6. The summed E-state index contributed by atoms with van der Waals surface area (Å²) in [6.45, 7) is 8.27. The molecule has 0 unspecified atom stereocenters. The third kappa shape index (κ3) is 3.89. The van der Waals surface area contributed by atoms with Gasteiger partial charge in [0.15, 0.2) is 0 Å². The first-order chi connectivity index (χ1) is 13.7. The number of anilines is 2. The number of fused-ring (bicyclic) bond motifs is 2. The second-order valence-corrected chi connectivity index (χ2v) is 7.09. The van der Waals surface area contributed by atoms with Crippen molar-refractivity contribution < 1.29 is 7.65 Å². The molecule has 3 aromatic carbocycles. The first kappa shape index (κ1) is 19.9. The van der Waals surface area contributed by atoms with Crippen LogP contribution in [0.25, 0.3) is 21.9 Å². The van der Waals surface area contributed by atoms with E-state index in [1.807, 2.05) is 26.0 Å². The third-order valence-electron chi connectivity index (χ3n) is 5.05. The smallest absolute Gasteiger partial charge is 0.226 e. The lowest BCUT2D eigenvalue weighted by atomic mass is 9.90. The van der Waals surface area contributed by atoms with Gasteiger partial charge >= 0.3 is 0 Å². The van der Waals surface area contributed by atoms with E-state index in [1.54, 1.807) is 0 Å². The van der Waals surface area contributed by atoms with E-state index >= 15 is 0 Å². The van der Waals surface area contributed by atoms with Crippen molar-refractivity contribution in [2.24, 2.45) is 0 Å². The number of benzene rings is 3. The SMILES string of the molecule is CC.CCCc1c(-c2cccc3c2N[C@H](C)CC(=O)N3)ccc2ccccc12.[HH].[HH]. The molecule has 0 radical (unpaired) electrons. The van der Waals surface area contributed by atoms with Crippen LogP contribution in [-0.4, -0.2) is 11.9 Å². The zero-order chi connectivity index (χ0) is 20.1. The lowest BCUT2D eigenvalue weighted by Gasteiger charge is -2.20. The monoisotopic (exact) mass is 378 g/mol. The minimum Gasteiger partial charge on any atom is -0.380 e. The minimum absolute atomic E-state index is 0. The fraction of sp³-hybridized carbons (Fsp3) is 0.320. The molecule has 2 N–H and O–H groups in total. The molecule has 3 nitrogen and oxygen atoms in total. The summed E-state index contributed by atoms with van der Waals surface area (Å²) in [5.41, 5.74) is 5.68. The summed E-state index contributed by atoms with van der Waals surface area (Å²) in [7, 11) is 0. The lowest BCUT2D eigenvalue weighted by molar-refractivity contribution is -0.116. The van der Waals surface area contributed by atoms with Crippen molar-refractivity contribution in [3.8, 4) is 11.1 Å². The van der Waals surface area contributed by atoms with Crippen LogP contribution in [-0.2, 0) is 11.2 Å². The number of aryl methyl sites for hydroxylation is 1. The molecule has 0 aliphatic carbocycles. The maximum absolute atomic E-state index is 12.1. The summed E-state index contributed by atoms with van der Waals surface area (Å²) in [5, 5.41) is 9.19. The van der Waals surface area contributed by atoms with Gasteiger partial charge in [0.05, 0.1) is 11.4 Å². The van der Waals surface area contributed by atoms with Gasteiger partial charge in [-0.05, 0) is 41.3 Å². The van der Waals surface area contributed by atoms with Crippen molar-refractivity contribution in [1.82, 2.24) is 0 Å². The van der Waals surface area contributed by atoms with Gasteiger partial charge in [-0.15, -0.1) is 0 Å². The van der Waals surface area contributed by atoms with Crippen LogP contribution in [0.5, 0.6) is 0 Å². The number of amides is 1. The van der Waals surface area contributed by atoms with Crippen LogP contribution in [0.4, 0.5) is 11.4 Å². The molecular formula is C25H34N2O. The van der Waals surface area contributed by atoms with E-state index in [-0.39, 0.29) is 14.8 Å². The molecule has 0 saturated heterocycles. The maximum Gasteiger partial charge on any atom is 0.226 e. The highest BCUT2D eigenvalue weighted by atomic mass is 16.1. The van der Waals surface area contributed by atoms with Gasteiger partial charge in [-0.2, -0.15) is 0 Å². The summed E-state index contributed by atoms with van der Waals surface area (Å²) in [6.07, 6.45) is 2.60. The minimum atomic E-state index is 0. The fourth-order valence-corrected chi connectivity index (χ4v) is 3.92. The number of carbonyl (C=O) groups excluding carboxylic acids is 1. The molecule has 1 aliphatic rings. The number of carbonyl (C=O) groups is 1. The number of hydrogen-bond acceptors (Lipinski definition) is 2. The van der Waals surface area contributed by atoms with E-state index in [0.29, 0.717) is 6.42 Å². The molecular weight excluding hydrogens is 344 g/mol. The quantitative estimate of drug-likeness (QED) is 0.509. The molecule has 0 spiro atoms.